The molecule has 0 bridgehead atoms. The first-order chi connectivity index (χ1) is 7.00. The standard InChI is InChI=1S/C10H11BrFN3/c1-5(2)15-10(13)7-3-6(11)4-8(12)9(7)14-15/h3-5H,13H2,1-2H3. The van der Waals surface area contributed by atoms with Crippen molar-refractivity contribution < 1.29 is 4.39 Å². The molecule has 0 atom stereocenters. The van der Waals surface area contributed by atoms with Crippen LogP contribution in [0.4, 0.5) is 10.2 Å². The van der Waals surface area contributed by atoms with E-state index >= 15 is 0 Å². The molecule has 80 valence electrons. The van der Waals surface area contributed by atoms with Gasteiger partial charge >= 0.3 is 0 Å². The summed E-state index contributed by atoms with van der Waals surface area (Å²) >= 11 is 3.23. The number of nitrogens with two attached hydrogens (primary N) is 1. The highest BCUT2D eigenvalue weighted by molar-refractivity contribution is 9.10. The maximum Gasteiger partial charge on any atom is 0.152 e. The fourth-order valence-corrected chi connectivity index (χ4v) is 1.97. The Morgan fingerprint density at radius 2 is 2.13 bits per heavy atom. The summed E-state index contributed by atoms with van der Waals surface area (Å²) in [6.45, 7) is 3.91. The molecule has 0 aliphatic heterocycles. The van der Waals surface area contributed by atoms with Crippen LogP contribution in [0.2, 0.25) is 0 Å². The molecule has 0 saturated heterocycles. The van der Waals surface area contributed by atoms with Crippen molar-refractivity contribution in [3.05, 3.63) is 22.4 Å². The Balaban J connectivity index is 2.82. The van der Waals surface area contributed by atoms with Gasteiger partial charge in [0.2, 0.25) is 0 Å². The first-order valence-electron chi connectivity index (χ1n) is 4.63. The van der Waals surface area contributed by atoms with Gasteiger partial charge in [0.05, 0.1) is 0 Å². The summed E-state index contributed by atoms with van der Waals surface area (Å²) in [4.78, 5) is 0. The van der Waals surface area contributed by atoms with Crippen molar-refractivity contribution in [3.63, 3.8) is 0 Å². The minimum absolute atomic E-state index is 0.121. The molecule has 0 spiro atoms. The van der Waals surface area contributed by atoms with Crippen molar-refractivity contribution in [2.24, 2.45) is 0 Å². The van der Waals surface area contributed by atoms with Crippen molar-refractivity contribution in [3.8, 4) is 0 Å². The molecule has 0 radical (unpaired) electrons. The molecule has 2 aromatic rings. The van der Waals surface area contributed by atoms with Gasteiger partial charge in [-0.3, -0.25) is 0 Å². The van der Waals surface area contributed by atoms with Gasteiger partial charge in [-0.25, -0.2) is 9.07 Å². The van der Waals surface area contributed by atoms with E-state index in [2.05, 4.69) is 21.0 Å². The maximum atomic E-state index is 13.5. The van der Waals surface area contributed by atoms with Gasteiger partial charge in [0.1, 0.15) is 11.3 Å². The van der Waals surface area contributed by atoms with Gasteiger partial charge in [0.25, 0.3) is 0 Å². The van der Waals surface area contributed by atoms with Crippen molar-refractivity contribution >= 4 is 32.7 Å². The van der Waals surface area contributed by atoms with Gasteiger partial charge in [-0.05, 0) is 26.0 Å². The lowest BCUT2D eigenvalue weighted by atomic mass is 10.2. The van der Waals surface area contributed by atoms with Crippen LogP contribution in [-0.2, 0) is 0 Å². The van der Waals surface area contributed by atoms with E-state index in [1.54, 1.807) is 10.7 Å². The van der Waals surface area contributed by atoms with Crippen LogP contribution in [0.1, 0.15) is 19.9 Å². The smallest absolute Gasteiger partial charge is 0.152 e. The molecule has 1 aromatic heterocycles. The van der Waals surface area contributed by atoms with Crippen LogP contribution in [0.3, 0.4) is 0 Å². The first-order valence-corrected chi connectivity index (χ1v) is 5.42. The minimum Gasteiger partial charge on any atom is -0.383 e. The number of aromatic nitrogens is 2. The number of halogens is 2. The van der Waals surface area contributed by atoms with E-state index in [1.165, 1.54) is 6.07 Å². The van der Waals surface area contributed by atoms with E-state index in [0.717, 1.165) is 0 Å². The lowest BCUT2D eigenvalue weighted by molar-refractivity contribution is 0.541. The van der Waals surface area contributed by atoms with E-state index in [0.29, 0.717) is 21.2 Å². The number of fused-ring (bicyclic) bond motifs is 1. The predicted octanol–water partition coefficient (Wildman–Crippen LogP) is 3.10. The molecule has 15 heavy (non-hydrogen) atoms. The molecular weight excluding hydrogens is 261 g/mol. The number of benzene rings is 1. The lowest BCUT2D eigenvalue weighted by Crippen LogP contribution is -2.06. The van der Waals surface area contributed by atoms with Crippen molar-refractivity contribution in [2.45, 2.75) is 19.9 Å². The number of nitrogen functional groups attached to an aromatic ring is 1. The Bertz CT molecular complexity index is 519. The van der Waals surface area contributed by atoms with Gasteiger partial charge in [0, 0.05) is 15.9 Å². The van der Waals surface area contributed by atoms with Crippen LogP contribution in [0.5, 0.6) is 0 Å². The van der Waals surface area contributed by atoms with E-state index in [-0.39, 0.29) is 11.9 Å². The van der Waals surface area contributed by atoms with Crippen molar-refractivity contribution in [1.29, 1.82) is 0 Å². The molecule has 2 N–H and O–H groups in total. The normalized spacial score (nSPS) is 11.5. The largest absolute Gasteiger partial charge is 0.383 e. The molecule has 0 fully saturated rings. The zero-order valence-corrected chi connectivity index (χ0v) is 10.0. The molecule has 0 unspecified atom stereocenters. The van der Waals surface area contributed by atoms with Crippen LogP contribution in [0, 0.1) is 5.82 Å². The quantitative estimate of drug-likeness (QED) is 0.866. The van der Waals surface area contributed by atoms with Gasteiger partial charge in [-0.15, -0.1) is 0 Å². The van der Waals surface area contributed by atoms with Crippen LogP contribution < -0.4 is 5.73 Å². The number of hydrogen-bond donors (Lipinski definition) is 1. The number of hydrogen-bond acceptors (Lipinski definition) is 2. The minimum atomic E-state index is -0.356. The average Bonchev–Trinajstić information content (AvgIpc) is 2.44. The van der Waals surface area contributed by atoms with Crippen LogP contribution >= 0.6 is 15.9 Å². The molecule has 0 saturated carbocycles. The zero-order chi connectivity index (χ0) is 11.2. The monoisotopic (exact) mass is 271 g/mol. The molecule has 0 aliphatic carbocycles. The summed E-state index contributed by atoms with van der Waals surface area (Å²) in [6, 6.07) is 3.29. The number of rotatable bonds is 1. The first kappa shape index (κ1) is 10.4. The topological polar surface area (TPSA) is 43.8 Å². The fourth-order valence-electron chi connectivity index (χ4n) is 1.54. The highest BCUT2D eigenvalue weighted by Gasteiger charge is 2.14. The average molecular weight is 272 g/mol. The molecule has 0 amide bonds. The molecule has 2 rings (SSSR count). The number of anilines is 1. The Morgan fingerprint density at radius 1 is 1.47 bits per heavy atom. The Morgan fingerprint density at radius 3 is 2.73 bits per heavy atom. The predicted molar refractivity (Wildman–Crippen MR) is 62.2 cm³/mol. The summed E-state index contributed by atoms with van der Waals surface area (Å²) < 4.78 is 15.8. The second-order valence-corrected chi connectivity index (χ2v) is 4.62. The molecule has 3 nitrogen and oxygen atoms in total. The van der Waals surface area contributed by atoms with Crippen molar-refractivity contribution in [1.82, 2.24) is 9.78 Å². The Kier molecular flexibility index (Phi) is 2.42. The third-order valence-electron chi connectivity index (χ3n) is 2.25. The van der Waals surface area contributed by atoms with Gasteiger partial charge in [0.15, 0.2) is 5.82 Å². The molecule has 5 heteroatoms. The van der Waals surface area contributed by atoms with E-state index < -0.39 is 0 Å². The van der Waals surface area contributed by atoms with Gasteiger partial charge < -0.3 is 5.73 Å². The van der Waals surface area contributed by atoms with Crippen LogP contribution in [-0.4, -0.2) is 9.78 Å². The molecule has 1 aromatic carbocycles. The van der Waals surface area contributed by atoms with E-state index in [4.69, 9.17) is 5.73 Å². The highest BCUT2D eigenvalue weighted by atomic mass is 79.9. The summed E-state index contributed by atoms with van der Waals surface area (Å²) in [5.74, 6) is 0.144. The highest BCUT2D eigenvalue weighted by Crippen LogP contribution is 2.28. The maximum absolute atomic E-state index is 13.5. The summed E-state index contributed by atoms with van der Waals surface area (Å²) in [7, 11) is 0. The SMILES string of the molecule is CC(C)n1nc2c(F)cc(Br)cc2c1N. The second-order valence-electron chi connectivity index (χ2n) is 3.71. The summed E-state index contributed by atoms with van der Waals surface area (Å²) in [5.41, 5.74) is 6.21. The summed E-state index contributed by atoms with van der Waals surface area (Å²) in [5, 5.41) is 4.80. The fraction of sp³-hybridized carbons (Fsp3) is 0.300. The van der Waals surface area contributed by atoms with Gasteiger partial charge in [-0.2, -0.15) is 5.10 Å². The summed E-state index contributed by atoms with van der Waals surface area (Å²) in [6.07, 6.45) is 0. The zero-order valence-electron chi connectivity index (χ0n) is 8.46. The van der Waals surface area contributed by atoms with Crippen LogP contribution in [0.15, 0.2) is 16.6 Å². The molecule has 0 aliphatic rings. The lowest BCUT2D eigenvalue weighted by Gasteiger charge is -2.06. The van der Waals surface area contributed by atoms with Gasteiger partial charge in [-0.1, -0.05) is 15.9 Å². The second kappa shape index (κ2) is 3.48. The Labute approximate surface area is 95.2 Å². The third-order valence-corrected chi connectivity index (χ3v) is 2.71. The number of nitrogens with zero attached hydrogens (tertiary/aromatic N) is 2. The van der Waals surface area contributed by atoms with E-state index in [1.807, 2.05) is 13.8 Å². The molecular formula is C10H11BrFN3. The Hall–Kier alpha value is -1.10. The van der Waals surface area contributed by atoms with Crippen LogP contribution in [0.25, 0.3) is 10.9 Å². The van der Waals surface area contributed by atoms with Crippen molar-refractivity contribution in [2.75, 3.05) is 5.73 Å². The van der Waals surface area contributed by atoms with E-state index in [9.17, 15) is 4.39 Å². The molecule has 1 heterocycles. The third kappa shape index (κ3) is 1.61.